The Hall–Kier alpha value is -1.51. The third-order valence-electron chi connectivity index (χ3n) is 2.27. The Kier molecular flexibility index (Phi) is 3.03. The lowest BCUT2D eigenvalue weighted by atomic mass is 9.86. The van der Waals surface area contributed by atoms with E-state index in [0.717, 1.165) is 5.56 Å². The Morgan fingerprint density at radius 2 is 1.93 bits per heavy atom. The second-order valence-electron chi connectivity index (χ2n) is 4.47. The molecular formula is C12H16O3. The van der Waals surface area contributed by atoms with Gasteiger partial charge in [-0.25, -0.2) is 4.79 Å². The van der Waals surface area contributed by atoms with E-state index in [1.807, 2.05) is 26.8 Å². The van der Waals surface area contributed by atoms with Crippen LogP contribution in [0.5, 0.6) is 5.75 Å². The van der Waals surface area contributed by atoms with Crippen LogP contribution in [-0.4, -0.2) is 18.2 Å². The van der Waals surface area contributed by atoms with Crippen LogP contribution in [0, 0.1) is 0 Å². The molecule has 0 aliphatic heterocycles. The zero-order chi connectivity index (χ0) is 11.6. The number of benzene rings is 1. The number of aromatic hydroxyl groups is 1. The molecule has 0 aromatic heterocycles. The van der Waals surface area contributed by atoms with Gasteiger partial charge in [0.2, 0.25) is 0 Å². The molecule has 1 aromatic carbocycles. The van der Waals surface area contributed by atoms with Crippen LogP contribution in [-0.2, 0) is 10.2 Å². The number of phenols is 1. The predicted octanol–water partition coefficient (Wildman–Crippen LogP) is 2.48. The first-order valence-corrected chi connectivity index (χ1v) is 4.78. The normalized spacial score (nSPS) is 11.2. The van der Waals surface area contributed by atoms with Crippen molar-refractivity contribution in [3.8, 4) is 5.75 Å². The van der Waals surface area contributed by atoms with Gasteiger partial charge in [0.1, 0.15) is 11.3 Å². The summed E-state index contributed by atoms with van der Waals surface area (Å²) in [5, 5.41) is 9.66. The third kappa shape index (κ3) is 2.49. The van der Waals surface area contributed by atoms with Crippen LogP contribution >= 0.6 is 0 Å². The van der Waals surface area contributed by atoms with Crippen molar-refractivity contribution < 1.29 is 14.6 Å². The average molecular weight is 208 g/mol. The Labute approximate surface area is 89.7 Å². The molecule has 0 saturated heterocycles. The van der Waals surface area contributed by atoms with Gasteiger partial charge in [0.25, 0.3) is 0 Å². The van der Waals surface area contributed by atoms with E-state index >= 15 is 0 Å². The second kappa shape index (κ2) is 3.93. The monoisotopic (exact) mass is 208 g/mol. The number of methoxy groups -OCH3 is 1. The molecule has 3 heteroatoms. The smallest absolute Gasteiger partial charge is 0.341 e. The molecule has 3 nitrogen and oxygen atoms in total. The van der Waals surface area contributed by atoms with Crippen molar-refractivity contribution in [1.82, 2.24) is 0 Å². The molecule has 0 heterocycles. The topological polar surface area (TPSA) is 46.5 Å². The van der Waals surface area contributed by atoms with Crippen LogP contribution in [0.15, 0.2) is 18.2 Å². The van der Waals surface area contributed by atoms with Gasteiger partial charge in [-0.2, -0.15) is 0 Å². The summed E-state index contributed by atoms with van der Waals surface area (Å²) in [5.41, 5.74) is 1.13. The number of carbonyl (C=O) groups is 1. The van der Waals surface area contributed by atoms with Crippen LogP contribution in [0.1, 0.15) is 36.7 Å². The molecule has 1 N–H and O–H groups in total. The van der Waals surface area contributed by atoms with E-state index < -0.39 is 5.97 Å². The Morgan fingerprint density at radius 3 is 2.33 bits per heavy atom. The second-order valence-corrected chi connectivity index (χ2v) is 4.47. The first kappa shape index (κ1) is 11.6. The number of phenolic OH excluding ortho intramolecular Hbond substituents is 1. The van der Waals surface area contributed by atoms with E-state index in [0.29, 0.717) is 0 Å². The minimum Gasteiger partial charge on any atom is -0.507 e. The van der Waals surface area contributed by atoms with Crippen molar-refractivity contribution in [2.24, 2.45) is 0 Å². The molecule has 0 aliphatic rings. The highest BCUT2D eigenvalue weighted by atomic mass is 16.5. The third-order valence-corrected chi connectivity index (χ3v) is 2.27. The van der Waals surface area contributed by atoms with Crippen molar-refractivity contribution in [2.45, 2.75) is 26.2 Å². The summed E-state index contributed by atoms with van der Waals surface area (Å²) in [6.45, 7) is 6.12. The van der Waals surface area contributed by atoms with Crippen LogP contribution in [0.25, 0.3) is 0 Å². The van der Waals surface area contributed by atoms with Crippen LogP contribution in [0.3, 0.4) is 0 Å². The number of esters is 1. The molecule has 0 fully saturated rings. The largest absolute Gasteiger partial charge is 0.507 e. The average Bonchev–Trinajstić information content (AvgIpc) is 2.15. The summed E-state index contributed by atoms with van der Waals surface area (Å²) >= 11 is 0. The molecule has 0 saturated carbocycles. The molecule has 15 heavy (non-hydrogen) atoms. The molecule has 0 spiro atoms. The molecular weight excluding hydrogens is 192 g/mol. The molecule has 0 bridgehead atoms. The summed E-state index contributed by atoms with van der Waals surface area (Å²) in [7, 11) is 1.29. The fourth-order valence-corrected chi connectivity index (χ4v) is 1.28. The number of hydrogen-bond acceptors (Lipinski definition) is 3. The van der Waals surface area contributed by atoms with Crippen LogP contribution in [0.2, 0.25) is 0 Å². The van der Waals surface area contributed by atoms with E-state index in [1.54, 1.807) is 12.1 Å². The van der Waals surface area contributed by atoms with E-state index in [1.165, 1.54) is 7.11 Å². The lowest BCUT2D eigenvalue weighted by Gasteiger charge is -2.19. The highest BCUT2D eigenvalue weighted by Gasteiger charge is 2.17. The Bertz CT molecular complexity index is 375. The van der Waals surface area contributed by atoms with Gasteiger partial charge in [-0.05, 0) is 23.1 Å². The number of hydrogen-bond donors (Lipinski definition) is 1. The minimum absolute atomic E-state index is 0.0331. The summed E-state index contributed by atoms with van der Waals surface area (Å²) in [6.07, 6.45) is 0. The van der Waals surface area contributed by atoms with Crippen LogP contribution < -0.4 is 0 Å². The van der Waals surface area contributed by atoms with Crippen molar-refractivity contribution in [1.29, 1.82) is 0 Å². The number of ether oxygens (including phenoxy) is 1. The number of rotatable bonds is 1. The van der Waals surface area contributed by atoms with Gasteiger partial charge in [0.05, 0.1) is 7.11 Å². The summed E-state index contributed by atoms with van der Waals surface area (Å²) < 4.78 is 4.54. The highest BCUT2D eigenvalue weighted by Crippen LogP contribution is 2.28. The van der Waals surface area contributed by atoms with Gasteiger partial charge in [-0.15, -0.1) is 0 Å². The molecule has 0 unspecified atom stereocenters. The highest BCUT2D eigenvalue weighted by molar-refractivity contribution is 5.92. The van der Waals surface area contributed by atoms with Gasteiger partial charge < -0.3 is 9.84 Å². The fourth-order valence-electron chi connectivity index (χ4n) is 1.28. The number of carbonyl (C=O) groups excluding carboxylic acids is 1. The van der Waals surface area contributed by atoms with Crippen molar-refractivity contribution in [2.75, 3.05) is 7.11 Å². The summed E-state index contributed by atoms with van der Waals surface area (Å²) in [6, 6.07) is 5.01. The molecule has 0 radical (unpaired) electrons. The molecule has 0 amide bonds. The van der Waals surface area contributed by atoms with E-state index in [4.69, 9.17) is 0 Å². The predicted molar refractivity (Wildman–Crippen MR) is 58.1 cm³/mol. The quantitative estimate of drug-likeness (QED) is 0.721. The molecule has 1 aromatic rings. The maximum atomic E-state index is 11.2. The lowest BCUT2D eigenvalue weighted by Crippen LogP contribution is -2.11. The van der Waals surface area contributed by atoms with Gasteiger partial charge in [-0.3, -0.25) is 0 Å². The molecule has 0 aliphatic carbocycles. The summed E-state index contributed by atoms with van der Waals surface area (Å²) in [4.78, 5) is 11.2. The maximum Gasteiger partial charge on any atom is 0.341 e. The fraction of sp³-hybridized carbons (Fsp3) is 0.417. The van der Waals surface area contributed by atoms with Crippen LogP contribution in [0.4, 0.5) is 0 Å². The van der Waals surface area contributed by atoms with Crippen molar-refractivity contribution in [3.05, 3.63) is 29.3 Å². The van der Waals surface area contributed by atoms with E-state index in [9.17, 15) is 9.90 Å². The van der Waals surface area contributed by atoms with Crippen molar-refractivity contribution >= 4 is 5.97 Å². The molecule has 0 atom stereocenters. The van der Waals surface area contributed by atoms with E-state index in [-0.39, 0.29) is 16.7 Å². The standard InChI is InChI=1S/C12H16O3/c1-12(2,3)8-5-6-9(10(13)7-8)11(14)15-4/h5-7,13H,1-4H3. The van der Waals surface area contributed by atoms with Crippen molar-refractivity contribution in [3.63, 3.8) is 0 Å². The van der Waals surface area contributed by atoms with E-state index in [2.05, 4.69) is 4.74 Å². The lowest BCUT2D eigenvalue weighted by molar-refractivity contribution is 0.0597. The first-order chi connectivity index (χ1) is 6.86. The van der Waals surface area contributed by atoms with Gasteiger partial charge >= 0.3 is 5.97 Å². The van der Waals surface area contributed by atoms with Gasteiger partial charge in [-0.1, -0.05) is 26.8 Å². The summed E-state index contributed by atoms with van der Waals surface area (Å²) in [5.74, 6) is -0.553. The van der Waals surface area contributed by atoms with Gasteiger partial charge in [0, 0.05) is 0 Å². The zero-order valence-corrected chi connectivity index (χ0v) is 9.50. The Balaban J connectivity index is 3.15. The van der Waals surface area contributed by atoms with Gasteiger partial charge in [0.15, 0.2) is 0 Å². The maximum absolute atomic E-state index is 11.2. The Morgan fingerprint density at radius 1 is 1.33 bits per heavy atom. The minimum atomic E-state index is -0.520. The molecule has 82 valence electrons. The molecule has 1 rings (SSSR count). The SMILES string of the molecule is COC(=O)c1ccc(C(C)(C)C)cc1O. The zero-order valence-electron chi connectivity index (χ0n) is 9.50. The first-order valence-electron chi connectivity index (χ1n) is 4.78.